The van der Waals surface area contributed by atoms with E-state index in [1.54, 1.807) is 13.8 Å². The van der Waals surface area contributed by atoms with Gasteiger partial charge in [0.1, 0.15) is 0 Å². The lowest BCUT2D eigenvalue weighted by atomic mass is 10.4. The molecule has 0 spiro atoms. The van der Waals surface area contributed by atoms with Crippen molar-refractivity contribution in [3.63, 3.8) is 0 Å². The minimum absolute atomic E-state index is 0.271. The summed E-state index contributed by atoms with van der Waals surface area (Å²) in [5, 5.41) is 0. The Kier molecular flexibility index (Phi) is 3.54. The lowest BCUT2D eigenvalue weighted by Gasteiger charge is -2.01. The third-order valence-electron chi connectivity index (χ3n) is 0.690. The third kappa shape index (κ3) is 4.89. The van der Waals surface area contributed by atoms with E-state index >= 15 is 0 Å². The van der Waals surface area contributed by atoms with Crippen LogP contribution in [0.4, 0.5) is 0 Å². The molecular weight excluding hydrogens is 116 g/mol. The first kappa shape index (κ1) is 8.03. The zero-order chi connectivity index (χ0) is 7.28. The molecule has 0 rings (SSSR count). The molecule has 2 nitrogen and oxygen atoms in total. The van der Waals surface area contributed by atoms with Gasteiger partial charge in [-0.25, -0.2) is 0 Å². The maximum absolute atomic E-state index is 10.2. The van der Waals surface area contributed by atoms with E-state index in [4.69, 9.17) is 0 Å². The molecule has 2 heteroatoms. The highest BCUT2D eigenvalue weighted by Gasteiger charge is 1.97. The molecule has 0 saturated carbocycles. The van der Waals surface area contributed by atoms with Gasteiger partial charge in [0.05, 0.1) is 0 Å². The average Bonchev–Trinajstić information content (AvgIpc) is 1.63. The third-order valence-corrected chi connectivity index (χ3v) is 0.690. The Morgan fingerprint density at radius 3 is 2.56 bits per heavy atom. The Bertz CT molecular complexity index is 150. The molecule has 1 atom stereocenters. The number of ether oxygens (including phenoxy) is 1. The van der Waals surface area contributed by atoms with Crippen molar-refractivity contribution in [3.8, 4) is 11.8 Å². The number of hydrogen-bond donors (Lipinski definition) is 0. The van der Waals surface area contributed by atoms with Crippen molar-refractivity contribution in [1.29, 1.82) is 0 Å². The zero-order valence-electron chi connectivity index (χ0n) is 5.89. The number of esters is 1. The summed E-state index contributed by atoms with van der Waals surface area (Å²) in [6.07, 6.45) is -0.271. The highest BCUT2D eigenvalue weighted by molar-refractivity contribution is 5.66. The fraction of sp³-hybridized carbons (Fsp3) is 0.571. The summed E-state index contributed by atoms with van der Waals surface area (Å²) in [5.74, 6) is 5.04. The summed E-state index contributed by atoms with van der Waals surface area (Å²) < 4.78 is 4.68. The molecular formula is C7H10O2. The quantitative estimate of drug-likeness (QED) is 0.386. The maximum Gasteiger partial charge on any atom is 0.303 e. The van der Waals surface area contributed by atoms with Crippen LogP contribution in [0.1, 0.15) is 20.8 Å². The van der Waals surface area contributed by atoms with E-state index in [1.165, 1.54) is 6.92 Å². The van der Waals surface area contributed by atoms with Crippen LogP contribution < -0.4 is 0 Å². The molecule has 0 aliphatic carbocycles. The van der Waals surface area contributed by atoms with Gasteiger partial charge in [-0.15, -0.1) is 5.92 Å². The number of rotatable bonds is 1. The second kappa shape index (κ2) is 3.96. The second-order valence-electron chi connectivity index (χ2n) is 1.65. The smallest absolute Gasteiger partial charge is 0.303 e. The summed E-state index contributed by atoms with van der Waals surface area (Å²) in [6, 6.07) is 0. The van der Waals surface area contributed by atoms with Crippen LogP contribution in [-0.4, -0.2) is 12.1 Å². The molecule has 0 heterocycles. The lowest BCUT2D eigenvalue weighted by Crippen LogP contribution is -2.08. The fourth-order valence-corrected chi connectivity index (χ4v) is 0.482. The van der Waals surface area contributed by atoms with Crippen LogP contribution in [0.15, 0.2) is 0 Å². The van der Waals surface area contributed by atoms with Gasteiger partial charge in [-0.05, 0) is 13.8 Å². The second-order valence-corrected chi connectivity index (χ2v) is 1.65. The van der Waals surface area contributed by atoms with Crippen LogP contribution in [0.5, 0.6) is 0 Å². The van der Waals surface area contributed by atoms with Gasteiger partial charge in [-0.2, -0.15) is 0 Å². The Morgan fingerprint density at radius 2 is 2.22 bits per heavy atom. The number of hydrogen-bond acceptors (Lipinski definition) is 2. The van der Waals surface area contributed by atoms with Crippen molar-refractivity contribution in [3.05, 3.63) is 0 Å². The predicted molar refractivity (Wildman–Crippen MR) is 34.7 cm³/mol. The first-order valence-electron chi connectivity index (χ1n) is 2.76. The summed E-state index contributed by atoms with van der Waals surface area (Å²) in [4.78, 5) is 10.2. The van der Waals surface area contributed by atoms with Crippen LogP contribution in [0.25, 0.3) is 0 Å². The predicted octanol–water partition coefficient (Wildman–Crippen LogP) is 0.961. The van der Waals surface area contributed by atoms with Crippen LogP contribution in [0.3, 0.4) is 0 Å². The van der Waals surface area contributed by atoms with Gasteiger partial charge in [-0.1, -0.05) is 5.92 Å². The molecule has 0 aromatic carbocycles. The Morgan fingerprint density at radius 1 is 1.67 bits per heavy atom. The number of carbonyl (C=O) groups is 1. The van der Waals surface area contributed by atoms with Crippen molar-refractivity contribution < 1.29 is 9.53 Å². The van der Waals surface area contributed by atoms with Gasteiger partial charge >= 0.3 is 5.97 Å². The topological polar surface area (TPSA) is 26.3 Å². The van der Waals surface area contributed by atoms with E-state index in [2.05, 4.69) is 16.6 Å². The Balaban J connectivity index is 3.59. The molecule has 0 fully saturated rings. The maximum atomic E-state index is 10.2. The molecule has 0 aliphatic heterocycles. The molecule has 0 aliphatic rings. The summed E-state index contributed by atoms with van der Waals surface area (Å²) in [6.45, 7) is 4.81. The molecule has 50 valence electrons. The van der Waals surface area contributed by atoms with Crippen molar-refractivity contribution >= 4 is 5.97 Å². The van der Waals surface area contributed by atoms with E-state index < -0.39 is 0 Å². The number of carbonyl (C=O) groups excluding carboxylic acids is 1. The summed E-state index contributed by atoms with van der Waals surface area (Å²) in [5.41, 5.74) is 0. The standard InChI is InChI=1S/C7H10O2/c1-4-5-6(2)9-7(3)8/h6H,1-3H3. The van der Waals surface area contributed by atoms with Crippen LogP contribution in [-0.2, 0) is 9.53 Å². The van der Waals surface area contributed by atoms with E-state index in [9.17, 15) is 4.79 Å². The van der Waals surface area contributed by atoms with Crippen molar-refractivity contribution in [2.45, 2.75) is 26.9 Å². The monoisotopic (exact) mass is 126 g/mol. The first-order valence-corrected chi connectivity index (χ1v) is 2.76. The normalized spacial score (nSPS) is 11.0. The van der Waals surface area contributed by atoms with E-state index in [0.29, 0.717) is 0 Å². The molecule has 0 N–H and O–H groups in total. The Hall–Kier alpha value is -0.970. The SMILES string of the molecule is CC#CC(C)OC(C)=O. The van der Waals surface area contributed by atoms with Gasteiger partial charge in [0.25, 0.3) is 0 Å². The molecule has 1 unspecified atom stereocenters. The van der Waals surface area contributed by atoms with Crippen molar-refractivity contribution in [2.75, 3.05) is 0 Å². The lowest BCUT2D eigenvalue weighted by molar-refractivity contribution is -0.143. The highest BCUT2D eigenvalue weighted by atomic mass is 16.5. The molecule has 0 saturated heterocycles. The van der Waals surface area contributed by atoms with Gasteiger partial charge in [-0.3, -0.25) is 4.79 Å². The molecule has 0 bridgehead atoms. The zero-order valence-corrected chi connectivity index (χ0v) is 5.89. The molecule has 0 radical (unpaired) electrons. The summed E-state index contributed by atoms with van der Waals surface area (Å²) in [7, 11) is 0. The average molecular weight is 126 g/mol. The van der Waals surface area contributed by atoms with E-state index in [0.717, 1.165) is 0 Å². The van der Waals surface area contributed by atoms with E-state index in [1.807, 2.05) is 0 Å². The van der Waals surface area contributed by atoms with Crippen LogP contribution >= 0.6 is 0 Å². The molecule has 0 aromatic heterocycles. The van der Waals surface area contributed by atoms with Gasteiger partial charge in [0.2, 0.25) is 0 Å². The molecule has 9 heavy (non-hydrogen) atoms. The Labute approximate surface area is 55.2 Å². The van der Waals surface area contributed by atoms with Crippen molar-refractivity contribution in [2.24, 2.45) is 0 Å². The molecule has 0 aromatic rings. The largest absolute Gasteiger partial charge is 0.450 e. The fourth-order valence-electron chi connectivity index (χ4n) is 0.482. The van der Waals surface area contributed by atoms with E-state index in [-0.39, 0.29) is 12.1 Å². The van der Waals surface area contributed by atoms with Gasteiger partial charge in [0.15, 0.2) is 6.10 Å². The van der Waals surface area contributed by atoms with Gasteiger partial charge < -0.3 is 4.74 Å². The van der Waals surface area contributed by atoms with Crippen LogP contribution in [0.2, 0.25) is 0 Å². The highest BCUT2D eigenvalue weighted by Crippen LogP contribution is 1.87. The van der Waals surface area contributed by atoms with Crippen molar-refractivity contribution in [1.82, 2.24) is 0 Å². The minimum Gasteiger partial charge on any atom is -0.450 e. The van der Waals surface area contributed by atoms with Gasteiger partial charge in [0, 0.05) is 6.92 Å². The minimum atomic E-state index is -0.287. The van der Waals surface area contributed by atoms with Crippen LogP contribution in [0, 0.1) is 11.8 Å². The first-order chi connectivity index (χ1) is 4.16. The summed E-state index contributed by atoms with van der Waals surface area (Å²) >= 11 is 0. The molecule has 0 amide bonds.